The van der Waals surface area contributed by atoms with Crippen LogP contribution in [0.25, 0.3) is 21.5 Å². The molecule has 0 aliphatic carbocycles. The summed E-state index contributed by atoms with van der Waals surface area (Å²) in [4.78, 5) is 13.5. The van der Waals surface area contributed by atoms with E-state index >= 15 is 0 Å². The van der Waals surface area contributed by atoms with Crippen molar-refractivity contribution < 1.29 is 0 Å². The number of hydrogen-bond donors (Lipinski definition) is 1. The van der Waals surface area contributed by atoms with Crippen LogP contribution >= 0.6 is 20.7 Å². The number of fused-ring (bicyclic) bond motifs is 1. The Morgan fingerprint density at radius 2 is 1.71 bits per heavy atom. The zero-order valence-electron chi connectivity index (χ0n) is 11.0. The monoisotopic (exact) mass is 309 g/mol. The lowest BCUT2D eigenvalue weighted by atomic mass is 10.2. The summed E-state index contributed by atoms with van der Waals surface area (Å²) in [7, 11) is 3.40. The van der Waals surface area contributed by atoms with Crippen LogP contribution in [0.15, 0.2) is 65.7 Å². The van der Waals surface area contributed by atoms with Gasteiger partial charge in [-0.1, -0.05) is 63.1 Å². The Hall–Kier alpha value is -2.24. The van der Waals surface area contributed by atoms with Crippen LogP contribution in [0.5, 0.6) is 0 Å². The SMILES string of the molecule is c1ccc(-c2cc(=Nc3nc4ccccc4[nH]3)ss2)cc1. The first-order chi connectivity index (χ1) is 10.4. The molecule has 2 heterocycles. The minimum absolute atomic E-state index is 0.657. The molecular formula is C16H11N3S2. The van der Waals surface area contributed by atoms with Gasteiger partial charge in [-0.2, -0.15) is 0 Å². The Bertz CT molecular complexity index is 915. The maximum absolute atomic E-state index is 4.59. The predicted molar refractivity (Wildman–Crippen MR) is 88.9 cm³/mol. The molecule has 0 aliphatic heterocycles. The summed E-state index contributed by atoms with van der Waals surface area (Å²) >= 11 is 0. The standard InChI is InChI=1S/C16H11N3S2/c1-2-6-11(7-3-1)14-10-15(21-20-14)19-16-17-12-8-4-5-9-13(12)18-16/h1-10H,(H,17,18). The molecule has 5 heteroatoms. The molecule has 102 valence electrons. The fraction of sp³-hybridized carbons (Fsp3) is 0. The van der Waals surface area contributed by atoms with Gasteiger partial charge in [-0.25, -0.2) is 9.98 Å². The molecule has 1 N–H and O–H groups in total. The molecule has 0 unspecified atom stereocenters. The van der Waals surface area contributed by atoms with Gasteiger partial charge < -0.3 is 4.98 Å². The topological polar surface area (TPSA) is 41.0 Å². The number of rotatable bonds is 2. The molecule has 2 aromatic heterocycles. The largest absolute Gasteiger partial charge is 0.322 e. The number of aromatic nitrogens is 2. The van der Waals surface area contributed by atoms with Crippen LogP contribution in [0.3, 0.4) is 0 Å². The zero-order valence-corrected chi connectivity index (χ0v) is 12.6. The summed E-state index contributed by atoms with van der Waals surface area (Å²) in [6, 6.07) is 20.4. The molecule has 0 atom stereocenters. The summed E-state index contributed by atoms with van der Waals surface area (Å²) in [6.45, 7) is 0. The first-order valence-electron chi connectivity index (χ1n) is 6.53. The Labute approximate surface area is 128 Å². The van der Waals surface area contributed by atoms with Crippen molar-refractivity contribution in [1.82, 2.24) is 9.97 Å². The van der Waals surface area contributed by atoms with Crippen molar-refractivity contribution >= 4 is 37.7 Å². The number of imidazole rings is 1. The van der Waals surface area contributed by atoms with Gasteiger partial charge in [0.2, 0.25) is 5.95 Å². The Morgan fingerprint density at radius 3 is 2.57 bits per heavy atom. The second kappa shape index (κ2) is 5.27. The lowest BCUT2D eigenvalue weighted by Crippen LogP contribution is -1.89. The molecule has 0 amide bonds. The molecule has 0 saturated heterocycles. The lowest BCUT2D eigenvalue weighted by molar-refractivity contribution is 1.22. The number of benzene rings is 2. The molecule has 2 aromatic carbocycles. The van der Waals surface area contributed by atoms with Crippen LogP contribution in [0.2, 0.25) is 0 Å². The van der Waals surface area contributed by atoms with Crippen LogP contribution in [-0.4, -0.2) is 9.97 Å². The normalized spacial score (nSPS) is 12.1. The quantitative estimate of drug-likeness (QED) is 0.541. The lowest BCUT2D eigenvalue weighted by Gasteiger charge is -1.92. The maximum atomic E-state index is 4.59. The van der Waals surface area contributed by atoms with Crippen LogP contribution < -0.4 is 4.67 Å². The van der Waals surface area contributed by atoms with E-state index in [1.807, 2.05) is 30.3 Å². The molecule has 21 heavy (non-hydrogen) atoms. The van der Waals surface area contributed by atoms with Gasteiger partial charge in [-0.3, -0.25) is 0 Å². The van der Waals surface area contributed by atoms with E-state index in [4.69, 9.17) is 0 Å². The Balaban J connectivity index is 1.75. The summed E-state index contributed by atoms with van der Waals surface area (Å²) in [5, 5.41) is 0. The Morgan fingerprint density at radius 1 is 0.905 bits per heavy atom. The molecule has 0 bridgehead atoms. The Kier molecular flexibility index (Phi) is 3.14. The fourth-order valence-electron chi connectivity index (χ4n) is 2.13. The van der Waals surface area contributed by atoms with Crippen molar-refractivity contribution in [2.45, 2.75) is 0 Å². The first-order valence-corrected chi connectivity index (χ1v) is 8.68. The predicted octanol–water partition coefficient (Wildman–Crippen LogP) is 4.59. The van der Waals surface area contributed by atoms with Crippen LogP contribution in [0.1, 0.15) is 0 Å². The second-order valence-electron chi connectivity index (χ2n) is 4.57. The van der Waals surface area contributed by atoms with Gasteiger partial charge in [0.25, 0.3) is 0 Å². The van der Waals surface area contributed by atoms with Gasteiger partial charge in [0.05, 0.1) is 11.0 Å². The average molecular weight is 309 g/mol. The van der Waals surface area contributed by atoms with E-state index in [2.05, 4.69) is 45.3 Å². The summed E-state index contributed by atoms with van der Waals surface area (Å²) in [6.07, 6.45) is 0. The van der Waals surface area contributed by atoms with E-state index in [0.717, 1.165) is 15.7 Å². The number of H-pyrrole nitrogens is 1. The molecule has 4 rings (SSSR count). The minimum Gasteiger partial charge on any atom is -0.322 e. The van der Waals surface area contributed by atoms with Gasteiger partial charge in [-0.15, -0.1) is 0 Å². The van der Waals surface area contributed by atoms with Gasteiger partial charge >= 0.3 is 0 Å². The maximum Gasteiger partial charge on any atom is 0.229 e. The van der Waals surface area contributed by atoms with E-state index < -0.39 is 0 Å². The number of para-hydroxylation sites is 2. The van der Waals surface area contributed by atoms with Gasteiger partial charge in [0, 0.05) is 4.88 Å². The highest BCUT2D eigenvalue weighted by Crippen LogP contribution is 2.25. The van der Waals surface area contributed by atoms with E-state index in [-0.39, 0.29) is 0 Å². The minimum atomic E-state index is 0.657. The van der Waals surface area contributed by atoms with Gasteiger partial charge in [0.15, 0.2) is 0 Å². The molecule has 0 spiro atoms. The van der Waals surface area contributed by atoms with E-state index in [1.54, 1.807) is 20.7 Å². The van der Waals surface area contributed by atoms with Crippen LogP contribution in [0.4, 0.5) is 5.95 Å². The molecule has 0 fully saturated rings. The van der Waals surface area contributed by atoms with Crippen LogP contribution in [0, 0.1) is 0 Å². The number of nitrogens with one attached hydrogen (secondary N) is 1. The van der Waals surface area contributed by atoms with Crippen molar-refractivity contribution in [1.29, 1.82) is 0 Å². The van der Waals surface area contributed by atoms with E-state index in [0.29, 0.717) is 5.95 Å². The number of aromatic amines is 1. The summed E-state index contributed by atoms with van der Waals surface area (Å²) in [5.41, 5.74) is 3.18. The highest BCUT2D eigenvalue weighted by molar-refractivity contribution is 7.69. The highest BCUT2D eigenvalue weighted by Gasteiger charge is 2.02. The third-order valence-electron chi connectivity index (χ3n) is 3.12. The third-order valence-corrected chi connectivity index (χ3v) is 5.42. The van der Waals surface area contributed by atoms with Crippen molar-refractivity contribution in [3.8, 4) is 10.4 Å². The fourth-order valence-corrected chi connectivity index (χ4v) is 4.28. The van der Waals surface area contributed by atoms with Crippen molar-refractivity contribution in [2.75, 3.05) is 0 Å². The molecule has 0 radical (unpaired) electrons. The van der Waals surface area contributed by atoms with Crippen LogP contribution in [-0.2, 0) is 0 Å². The molecule has 3 nitrogen and oxygen atoms in total. The van der Waals surface area contributed by atoms with Crippen molar-refractivity contribution in [3.63, 3.8) is 0 Å². The average Bonchev–Trinajstić information content (AvgIpc) is 3.14. The summed E-state index contributed by atoms with van der Waals surface area (Å²) in [5.74, 6) is 0.657. The van der Waals surface area contributed by atoms with Crippen molar-refractivity contribution in [2.24, 2.45) is 4.99 Å². The number of nitrogens with zero attached hydrogens (tertiary/aromatic N) is 2. The number of hydrogen-bond acceptors (Lipinski definition) is 4. The van der Waals surface area contributed by atoms with Gasteiger partial charge in [0.1, 0.15) is 4.67 Å². The second-order valence-corrected chi connectivity index (χ2v) is 6.76. The van der Waals surface area contributed by atoms with E-state index in [9.17, 15) is 0 Å². The highest BCUT2D eigenvalue weighted by atomic mass is 32.9. The smallest absolute Gasteiger partial charge is 0.229 e. The molecule has 4 aromatic rings. The molecule has 0 saturated carbocycles. The van der Waals surface area contributed by atoms with Gasteiger partial charge in [-0.05, 0) is 23.8 Å². The molecular weight excluding hydrogens is 298 g/mol. The van der Waals surface area contributed by atoms with Crippen molar-refractivity contribution in [3.05, 3.63) is 65.3 Å². The molecule has 0 aliphatic rings. The summed E-state index contributed by atoms with van der Waals surface area (Å²) < 4.78 is 0.970. The third kappa shape index (κ3) is 2.53. The van der Waals surface area contributed by atoms with E-state index in [1.165, 1.54) is 10.4 Å². The zero-order chi connectivity index (χ0) is 14.1. The first kappa shape index (κ1) is 12.5.